The van der Waals surface area contributed by atoms with Crippen molar-refractivity contribution >= 4 is 40.8 Å². The molecule has 0 saturated heterocycles. The number of nitro benzene ring substituents is 1. The van der Waals surface area contributed by atoms with E-state index in [9.17, 15) is 15.2 Å². The summed E-state index contributed by atoms with van der Waals surface area (Å²) in [4.78, 5) is 14.5. The lowest BCUT2D eigenvalue weighted by Crippen LogP contribution is -2.07. The van der Waals surface area contributed by atoms with Crippen LogP contribution in [0.4, 0.5) is 11.4 Å². The van der Waals surface area contributed by atoms with Crippen molar-refractivity contribution in [3.05, 3.63) is 61.1 Å². The van der Waals surface area contributed by atoms with E-state index in [-0.39, 0.29) is 16.1 Å². The van der Waals surface area contributed by atoms with E-state index < -0.39 is 16.4 Å². The molecule has 0 bridgehead atoms. The van der Waals surface area contributed by atoms with Crippen molar-refractivity contribution in [2.24, 2.45) is 4.99 Å². The molecule has 0 fully saturated rings. The summed E-state index contributed by atoms with van der Waals surface area (Å²) in [5.41, 5.74) is 0.790. The van der Waals surface area contributed by atoms with E-state index in [2.05, 4.69) is 4.99 Å². The van der Waals surface area contributed by atoms with Gasteiger partial charge in [-0.25, -0.2) is 0 Å². The maximum atomic E-state index is 12.3. The highest BCUT2D eigenvalue weighted by Gasteiger charge is 2.20. The summed E-state index contributed by atoms with van der Waals surface area (Å²) in [6.45, 7) is 3.08. The lowest BCUT2D eigenvalue weighted by molar-refractivity contribution is -0.398. The van der Waals surface area contributed by atoms with Gasteiger partial charge in [0.25, 0.3) is 5.69 Å². The molecule has 0 radical (unpaired) electrons. The normalized spacial score (nSPS) is 11.1. The zero-order valence-electron chi connectivity index (χ0n) is 11.8. The third-order valence-corrected chi connectivity index (χ3v) is 4.05. The Bertz CT molecular complexity index is 772. The van der Waals surface area contributed by atoms with E-state index in [1.165, 1.54) is 13.1 Å². The van der Waals surface area contributed by atoms with Crippen LogP contribution in [-0.4, -0.2) is 11.1 Å². The lowest BCUT2D eigenvalue weighted by Gasteiger charge is -2.17. The molecule has 22 heavy (non-hydrogen) atoms. The van der Waals surface area contributed by atoms with Gasteiger partial charge in [-0.05, 0) is 55.0 Å². The molecule has 2 rings (SSSR count). The van der Waals surface area contributed by atoms with Crippen molar-refractivity contribution in [3.8, 4) is 5.75 Å². The van der Waals surface area contributed by atoms with Gasteiger partial charge < -0.3 is 5.11 Å². The predicted molar refractivity (Wildman–Crippen MR) is 85.7 cm³/mol. The largest absolute Gasteiger partial charge is 0.867 e. The smallest absolute Gasteiger partial charge is 0.266 e. The molecule has 2 aromatic rings. The fourth-order valence-corrected chi connectivity index (χ4v) is 2.33. The molecule has 0 aliphatic rings. The molecule has 0 spiro atoms. The number of halogens is 2. The number of hydrogen-bond acceptors (Lipinski definition) is 4. The zero-order chi connectivity index (χ0) is 16.4. The van der Waals surface area contributed by atoms with E-state index in [4.69, 9.17) is 23.2 Å². The minimum atomic E-state index is -0.720. The summed E-state index contributed by atoms with van der Waals surface area (Å²) in [6.07, 6.45) is 1.29. The summed E-state index contributed by atoms with van der Waals surface area (Å²) in [5.74, 6) is -0.692. The van der Waals surface area contributed by atoms with Gasteiger partial charge in [0.1, 0.15) is 0 Å². The first kappa shape index (κ1) is 16.3. The highest BCUT2D eigenvalue weighted by molar-refractivity contribution is 6.33. The van der Waals surface area contributed by atoms with Gasteiger partial charge in [0.05, 0.1) is 15.6 Å². The third kappa shape index (κ3) is 3.05. The van der Waals surface area contributed by atoms with Crippen molar-refractivity contribution in [2.75, 3.05) is 0 Å². The maximum Gasteiger partial charge on any atom is 0.266 e. The first-order valence-corrected chi connectivity index (χ1v) is 7.02. The highest BCUT2D eigenvalue weighted by atomic mass is 35.5. The minimum Gasteiger partial charge on any atom is -0.867 e. The Labute approximate surface area is 137 Å². The number of benzene rings is 2. The molecule has 0 aliphatic heterocycles. The van der Waals surface area contributed by atoms with Gasteiger partial charge >= 0.3 is 0 Å². The first-order chi connectivity index (χ1) is 10.3. The second-order valence-electron chi connectivity index (χ2n) is 4.65. The standard InChI is InChI=1S/C15H12Cl2N2O3/c1-8-12(7-18-11-5-3-10(16)4-6-11)15(20)14(19(21)22)9(2)13(8)17/h3-7,20H,1-2H3/p-1. The molecule has 2 aromatic carbocycles. The average Bonchev–Trinajstić information content (AvgIpc) is 2.46. The van der Waals surface area contributed by atoms with Crippen LogP contribution >= 0.6 is 23.2 Å². The van der Waals surface area contributed by atoms with Crippen LogP contribution in [0.2, 0.25) is 10.0 Å². The first-order valence-electron chi connectivity index (χ1n) is 6.26. The summed E-state index contributed by atoms with van der Waals surface area (Å²) < 4.78 is 0. The van der Waals surface area contributed by atoms with E-state index >= 15 is 0 Å². The number of aliphatic imine (C=N–C) groups is 1. The van der Waals surface area contributed by atoms with Crippen LogP contribution in [-0.2, 0) is 0 Å². The molecule has 5 nitrogen and oxygen atoms in total. The van der Waals surface area contributed by atoms with Crippen molar-refractivity contribution in [2.45, 2.75) is 13.8 Å². The van der Waals surface area contributed by atoms with Gasteiger partial charge in [-0.1, -0.05) is 23.2 Å². The van der Waals surface area contributed by atoms with Gasteiger partial charge in [0.2, 0.25) is 0 Å². The number of nitro groups is 1. The van der Waals surface area contributed by atoms with E-state index in [1.807, 2.05) is 0 Å². The molecule has 0 unspecified atom stereocenters. The van der Waals surface area contributed by atoms with Crippen LogP contribution in [0.15, 0.2) is 29.3 Å². The van der Waals surface area contributed by atoms with Crippen molar-refractivity contribution < 1.29 is 10.0 Å². The number of hydrogen-bond donors (Lipinski definition) is 0. The lowest BCUT2D eigenvalue weighted by atomic mass is 10.0. The topological polar surface area (TPSA) is 78.6 Å². The second-order valence-corrected chi connectivity index (χ2v) is 5.46. The Morgan fingerprint density at radius 2 is 1.73 bits per heavy atom. The van der Waals surface area contributed by atoms with Crippen molar-refractivity contribution in [1.82, 2.24) is 0 Å². The molecule has 0 heterocycles. The third-order valence-electron chi connectivity index (χ3n) is 3.23. The Balaban J connectivity index is 2.55. The Morgan fingerprint density at radius 1 is 1.14 bits per heavy atom. The summed E-state index contributed by atoms with van der Waals surface area (Å²) in [5, 5.41) is 24.1. The molecule has 0 saturated carbocycles. The molecule has 0 atom stereocenters. The number of rotatable bonds is 3. The summed E-state index contributed by atoms with van der Waals surface area (Å²) in [6, 6.07) is 6.65. The van der Waals surface area contributed by atoms with Crippen molar-refractivity contribution in [1.29, 1.82) is 0 Å². The van der Waals surface area contributed by atoms with Gasteiger partial charge in [-0.3, -0.25) is 15.1 Å². The van der Waals surface area contributed by atoms with Crippen LogP contribution in [0.5, 0.6) is 5.75 Å². The molecule has 0 aliphatic carbocycles. The number of nitrogens with zero attached hydrogens (tertiary/aromatic N) is 2. The van der Waals surface area contributed by atoms with Gasteiger partial charge in [0.15, 0.2) is 0 Å². The van der Waals surface area contributed by atoms with Crippen LogP contribution in [0.25, 0.3) is 0 Å². The average molecular weight is 338 g/mol. The predicted octanol–water partition coefficient (Wildman–Crippen LogP) is 4.34. The second kappa shape index (κ2) is 6.34. The molecule has 7 heteroatoms. The molecule has 0 N–H and O–H groups in total. The molecule has 0 amide bonds. The summed E-state index contributed by atoms with van der Waals surface area (Å²) >= 11 is 11.9. The zero-order valence-corrected chi connectivity index (χ0v) is 13.3. The SMILES string of the molecule is Cc1c(Cl)c(C)c([N+](=O)[O-])c([O-])c1C=Nc1ccc(Cl)cc1. The van der Waals surface area contributed by atoms with Crippen LogP contribution in [0.3, 0.4) is 0 Å². The van der Waals surface area contributed by atoms with Gasteiger partial charge in [-0.2, -0.15) is 0 Å². The monoisotopic (exact) mass is 337 g/mol. The Morgan fingerprint density at radius 3 is 2.27 bits per heavy atom. The van der Waals surface area contributed by atoms with E-state index in [1.54, 1.807) is 31.2 Å². The Kier molecular flexibility index (Phi) is 4.68. The van der Waals surface area contributed by atoms with Crippen molar-refractivity contribution in [3.63, 3.8) is 0 Å². The maximum absolute atomic E-state index is 12.3. The molecular formula is C15H11Cl2N2O3-. The molecular weight excluding hydrogens is 327 g/mol. The fourth-order valence-electron chi connectivity index (χ4n) is 2.01. The molecule has 114 valence electrons. The van der Waals surface area contributed by atoms with E-state index in [0.717, 1.165) is 0 Å². The highest BCUT2D eigenvalue weighted by Crippen LogP contribution is 2.38. The molecule has 0 aromatic heterocycles. The summed E-state index contributed by atoms with van der Waals surface area (Å²) in [7, 11) is 0. The van der Waals surface area contributed by atoms with Gasteiger partial charge in [-0.15, -0.1) is 0 Å². The van der Waals surface area contributed by atoms with Gasteiger partial charge in [0, 0.05) is 16.8 Å². The van der Waals surface area contributed by atoms with Crippen LogP contribution < -0.4 is 5.11 Å². The van der Waals surface area contributed by atoms with Crippen LogP contribution in [0.1, 0.15) is 16.7 Å². The minimum absolute atomic E-state index is 0.109. The quantitative estimate of drug-likeness (QED) is 0.474. The van der Waals surface area contributed by atoms with E-state index in [0.29, 0.717) is 16.3 Å². The van der Waals surface area contributed by atoms with Crippen LogP contribution in [0, 0.1) is 24.0 Å². The Hall–Kier alpha value is -2.11. The fraction of sp³-hybridized carbons (Fsp3) is 0.133.